The molecule has 1 N–H and O–H groups in total. The average Bonchev–Trinajstić information content (AvgIpc) is 2.66. The average molecular weight is 269 g/mol. The second-order valence-corrected chi connectivity index (χ2v) is 6.83. The Morgan fingerprint density at radius 1 is 1.05 bits per heavy atom. The zero-order valence-corrected chi connectivity index (χ0v) is 12.7. The highest BCUT2D eigenvalue weighted by atomic mass is 16.5. The molecular weight excluding hydrogens is 238 g/mol. The molecule has 19 heavy (non-hydrogen) atoms. The van der Waals surface area contributed by atoms with Gasteiger partial charge in [0.15, 0.2) is 0 Å². The van der Waals surface area contributed by atoms with Crippen LogP contribution < -0.4 is 0 Å². The third-order valence-corrected chi connectivity index (χ3v) is 4.71. The van der Waals surface area contributed by atoms with Gasteiger partial charge in [-0.2, -0.15) is 0 Å². The highest BCUT2D eigenvalue weighted by Gasteiger charge is 2.35. The Morgan fingerprint density at radius 2 is 1.74 bits per heavy atom. The Labute approximate surface area is 118 Å². The van der Waals surface area contributed by atoms with Gasteiger partial charge in [0.25, 0.3) is 0 Å². The first-order chi connectivity index (χ1) is 9.07. The number of ether oxygens (including phenoxy) is 1. The van der Waals surface area contributed by atoms with Crippen LogP contribution in [0.25, 0.3) is 0 Å². The normalized spacial score (nSPS) is 27.6. The van der Waals surface area contributed by atoms with Crippen LogP contribution in [0.4, 0.5) is 0 Å². The van der Waals surface area contributed by atoms with Gasteiger partial charge in [-0.05, 0) is 46.1 Å². The van der Waals surface area contributed by atoms with E-state index in [0.29, 0.717) is 12.1 Å². The third-order valence-electron chi connectivity index (χ3n) is 4.71. The van der Waals surface area contributed by atoms with E-state index in [-0.39, 0.29) is 0 Å². The molecule has 0 amide bonds. The molecule has 3 heteroatoms. The van der Waals surface area contributed by atoms with Gasteiger partial charge < -0.3 is 9.84 Å². The van der Waals surface area contributed by atoms with E-state index < -0.39 is 5.60 Å². The van der Waals surface area contributed by atoms with Gasteiger partial charge in [0, 0.05) is 12.6 Å². The maximum atomic E-state index is 10.2. The topological polar surface area (TPSA) is 32.7 Å². The molecular formula is C16H31NO2. The zero-order valence-electron chi connectivity index (χ0n) is 12.7. The first kappa shape index (κ1) is 15.3. The first-order valence-electron chi connectivity index (χ1n) is 8.15. The molecule has 3 nitrogen and oxygen atoms in total. The lowest BCUT2D eigenvalue weighted by Gasteiger charge is -2.34. The van der Waals surface area contributed by atoms with E-state index in [2.05, 4.69) is 4.90 Å². The molecule has 1 heterocycles. The Kier molecular flexibility index (Phi) is 5.67. The minimum Gasteiger partial charge on any atom is -0.389 e. The molecule has 1 aliphatic carbocycles. The molecule has 1 unspecified atom stereocenters. The van der Waals surface area contributed by atoms with Gasteiger partial charge in [-0.3, -0.25) is 4.90 Å². The van der Waals surface area contributed by atoms with E-state index in [1.807, 2.05) is 13.8 Å². The van der Waals surface area contributed by atoms with Crippen LogP contribution in [0.2, 0.25) is 0 Å². The van der Waals surface area contributed by atoms with Crippen LogP contribution >= 0.6 is 0 Å². The van der Waals surface area contributed by atoms with E-state index in [1.165, 1.54) is 44.9 Å². The highest BCUT2D eigenvalue weighted by Crippen LogP contribution is 2.26. The minimum absolute atomic E-state index is 0.310. The van der Waals surface area contributed by atoms with Crippen LogP contribution in [0.15, 0.2) is 0 Å². The van der Waals surface area contributed by atoms with Crippen molar-refractivity contribution < 1.29 is 9.84 Å². The summed E-state index contributed by atoms with van der Waals surface area (Å²) >= 11 is 0. The Hall–Kier alpha value is -0.120. The molecule has 1 atom stereocenters. The van der Waals surface area contributed by atoms with E-state index >= 15 is 0 Å². The standard InChI is InChI=1S/C16H31NO2/c1-16(2,18)15-10-7-11-17(15)12-13-19-14-8-5-3-4-6-9-14/h14-15,18H,3-13H2,1-2H3. The fraction of sp³-hybridized carbons (Fsp3) is 1.00. The predicted molar refractivity (Wildman–Crippen MR) is 78.3 cm³/mol. The molecule has 2 fully saturated rings. The van der Waals surface area contributed by atoms with E-state index in [0.717, 1.165) is 26.1 Å². The van der Waals surface area contributed by atoms with Crippen LogP contribution in [0.3, 0.4) is 0 Å². The van der Waals surface area contributed by atoms with Crippen molar-refractivity contribution in [2.45, 2.75) is 83.0 Å². The van der Waals surface area contributed by atoms with Gasteiger partial charge in [-0.15, -0.1) is 0 Å². The van der Waals surface area contributed by atoms with Crippen LogP contribution in [0.5, 0.6) is 0 Å². The van der Waals surface area contributed by atoms with Gasteiger partial charge in [-0.1, -0.05) is 25.7 Å². The maximum absolute atomic E-state index is 10.2. The van der Waals surface area contributed by atoms with Gasteiger partial charge in [0.05, 0.1) is 18.3 Å². The summed E-state index contributed by atoms with van der Waals surface area (Å²) in [6.45, 7) is 6.79. The summed E-state index contributed by atoms with van der Waals surface area (Å²) in [5.41, 5.74) is -0.585. The molecule has 0 aromatic rings. The van der Waals surface area contributed by atoms with Crippen LogP contribution in [-0.2, 0) is 4.74 Å². The molecule has 1 saturated carbocycles. The minimum atomic E-state index is -0.585. The van der Waals surface area contributed by atoms with Crippen LogP contribution in [-0.4, -0.2) is 47.4 Å². The molecule has 0 spiro atoms. The van der Waals surface area contributed by atoms with Crippen molar-refractivity contribution in [2.24, 2.45) is 0 Å². The Morgan fingerprint density at radius 3 is 2.37 bits per heavy atom. The summed E-state index contributed by atoms with van der Waals surface area (Å²) in [4.78, 5) is 2.41. The number of hydrogen-bond acceptors (Lipinski definition) is 3. The summed E-state index contributed by atoms with van der Waals surface area (Å²) in [5, 5.41) is 10.2. The van der Waals surface area contributed by atoms with Crippen molar-refractivity contribution in [1.29, 1.82) is 0 Å². The number of hydrogen-bond donors (Lipinski definition) is 1. The van der Waals surface area contributed by atoms with Crippen molar-refractivity contribution in [3.63, 3.8) is 0 Å². The number of rotatable bonds is 5. The summed E-state index contributed by atoms with van der Waals surface area (Å²) in [7, 11) is 0. The SMILES string of the molecule is CC(C)(O)C1CCCN1CCOC1CCCCCC1. The van der Waals surface area contributed by atoms with Crippen molar-refractivity contribution >= 4 is 0 Å². The van der Waals surface area contributed by atoms with E-state index in [4.69, 9.17) is 4.74 Å². The molecule has 2 aliphatic rings. The molecule has 0 radical (unpaired) electrons. The van der Waals surface area contributed by atoms with Crippen LogP contribution in [0, 0.1) is 0 Å². The van der Waals surface area contributed by atoms with Crippen molar-refractivity contribution in [1.82, 2.24) is 4.90 Å². The lowest BCUT2D eigenvalue weighted by Crippen LogP contribution is -2.46. The quantitative estimate of drug-likeness (QED) is 0.779. The zero-order chi connectivity index (χ0) is 13.7. The smallest absolute Gasteiger partial charge is 0.0746 e. The molecule has 0 aromatic carbocycles. The number of aliphatic hydroxyl groups is 1. The lowest BCUT2D eigenvalue weighted by molar-refractivity contribution is -0.0220. The monoisotopic (exact) mass is 269 g/mol. The summed E-state index contributed by atoms with van der Waals surface area (Å²) in [5.74, 6) is 0. The molecule has 2 rings (SSSR count). The van der Waals surface area contributed by atoms with E-state index in [9.17, 15) is 5.11 Å². The Balaban J connectivity index is 1.69. The summed E-state index contributed by atoms with van der Waals surface area (Å²) < 4.78 is 6.06. The molecule has 0 bridgehead atoms. The highest BCUT2D eigenvalue weighted by molar-refractivity contribution is 4.90. The molecule has 1 saturated heterocycles. The van der Waals surface area contributed by atoms with Gasteiger partial charge >= 0.3 is 0 Å². The lowest BCUT2D eigenvalue weighted by atomic mass is 9.97. The summed E-state index contributed by atoms with van der Waals surface area (Å²) in [6, 6.07) is 0.310. The second-order valence-electron chi connectivity index (χ2n) is 6.83. The van der Waals surface area contributed by atoms with Crippen molar-refractivity contribution in [3.8, 4) is 0 Å². The molecule has 0 aromatic heterocycles. The van der Waals surface area contributed by atoms with Gasteiger partial charge in [0.2, 0.25) is 0 Å². The van der Waals surface area contributed by atoms with Crippen molar-refractivity contribution in [3.05, 3.63) is 0 Å². The second kappa shape index (κ2) is 7.05. The molecule has 1 aliphatic heterocycles. The third kappa shape index (κ3) is 4.73. The Bertz CT molecular complexity index is 254. The fourth-order valence-corrected chi connectivity index (χ4v) is 3.64. The summed E-state index contributed by atoms with van der Waals surface area (Å²) in [6.07, 6.45) is 10.7. The van der Waals surface area contributed by atoms with Crippen molar-refractivity contribution in [2.75, 3.05) is 19.7 Å². The van der Waals surface area contributed by atoms with Gasteiger partial charge in [-0.25, -0.2) is 0 Å². The van der Waals surface area contributed by atoms with Crippen LogP contribution in [0.1, 0.15) is 65.2 Å². The number of nitrogens with zero attached hydrogens (tertiary/aromatic N) is 1. The predicted octanol–water partition coefficient (Wildman–Crippen LogP) is 2.96. The number of likely N-dealkylation sites (tertiary alicyclic amines) is 1. The largest absolute Gasteiger partial charge is 0.389 e. The molecule has 112 valence electrons. The maximum Gasteiger partial charge on any atom is 0.0746 e. The first-order valence-corrected chi connectivity index (χ1v) is 8.15. The van der Waals surface area contributed by atoms with Gasteiger partial charge in [0.1, 0.15) is 0 Å². The van der Waals surface area contributed by atoms with E-state index in [1.54, 1.807) is 0 Å². The fourth-order valence-electron chi connectivity index (χ4n) is 3.64.